The average Bonchev–Trinajstić information content (AvgIpc) is 2.59. The minimum atomic E-state index is -1.92. The van der Waals surface area contributed by atoms with E-state index in [0.717, 1.165) is 16.6 Å². The molecule has 2 rings (SSSR count). The second kappa shape index (κ2) is 4.57. The molecule has 1 aromatic carbocycles. The summed E-state index contributed by atoms with van der Waals surface area (Å²) in [5, 5.41) is 1.16. The van der Waals surface area contributed by atoms with E-state index in [-0.39, 0.29) is 0 Å². The number of nitrogens with one attached hydrogen (secondary N) is 2. The molecule has 1 unspecified atom stereocenters. The van der Waals surface area contributed by atoms with Gasteiger partial charge in [0.2, 0.25) is 11.3 Å². The van der Waals surface area contributed by atoms with Crippen molar-refractivity contribution in [1.82, 2.24) is 9.71 Å². The van der Waals surface area contributed by atoms with Gasteiger partial charge in [0.25, 0.3) is 0 Å². The van der Waals surface area contributed by atoms with Crippen LogP contribution in [-0.4, -0.2) is 20.3 Å². The van der Waals surface area contributed by atoms with Crippen molar-refractivity contribution >= 4 is 22.2 Å². The molecular formula is C10H12N2O2S. The minimum Gasteiger partial charge on any atom is -0.358 e. The molecule has 1 atom stereocenters. The lowest BCUT2D eigenvalue weighted by molar-refractivity contribution is 0.549. The smallest absolute Gasteiger partial charge is 0.231 e. The fourth-order valence-electron chi connectivity index (χ4n) is 1.54. The third kappa shape index (κ3) is 2.65. The second-order valence-corrected chi connectivity index (χ2v) is 4.06. The van der Waals surface area contributed by atoms with Crippen molar-refractivity contribution in [1.29, 1.82) is 0 Å². The summed E-state index contributed by atoms with van der Waals surface area (Å²) in [6.45, 7) is 0.482. The molecule has 0 fully saturated rings. The van der Waals surface area contributed by atoms with Crippen molar-refractivity contribution < 1.29 is 8.76 Å². The van der Waals surface area contributed by atoms with Crippen LogP contribution >= 0.6 is 0 Å². The maximum atomic E-state index is 10.4. The monoisotopic (exact) mass is 224 g/mol. The van der Waals surface area contributed by atoms with Crippen LogP contribution < -0.4 is 4.72 Å². The van der Waals surface area contributed by atoms with E-state index < -0.39 is 11.3 Å². The van der Waals surface area contributed by atoms with Gasteiger partial charge in [-0.15, -0.1) is 0 Å². The Kier molecular flexibility index (Phi) is 3.15. The molecule has 0 saturated heterocycles. The highest BCUT2D eigenvalue weighted by Crippen LogP contribution is 2.14. The average molecular weight is 224 g/mol. The summed E-state index contributed by atoms with van der Waals surface area (Å²) >= 11 is -1.92. The standard InChI is InChI=1S/C10H12N2O2S/c13-15(14)11-6-5-9-7-8-3-1-2-4-10(8)12-9/h1-4,7,11-12H,5-6H2,(H,13,14). The first kappa shape index (κ1) is 10.4. The van der Waals surface area contributed by atoms with Gasteiger partial charge in [0.1, 0.15) is 0 Å². The van der Waals surface area contributed by atoms with Crippen LogP contribution in [0.4, 0.5) is 0 Å². The summed E-state index contributed by atoms with van der Waals surface area (Å²) in [6, 6.07) is 10.1. The van der Waals surface area contributed by atoms with Crippen molar-refractivity contribution in [3.8, 4) is 0 Å². The van der Waals surface area contributed by atoms with Gasteiger partial charge < -0.3 is 4.98 Å². The molecule has 0 radical (unpaired) electrons. The maximum Gasteiger partial charge on any atom is 0.231 e. The summed E-state index contributed by atoms with van der Waals surface area (Å²) in [5.74, 6) is 0. The van der Waals surface area contributed by atoms with Crippen molar-refractivity contribution in [2.45, 2.75) is 6.42 Å². The van der Waals surface area contributed by atoms with Gasteiger partial charge in [-0.3, -0.25) is 4.55 Å². The van der Waals surface area contributed by atoms with Gasteiger partial charge in [0.05, 0.1) is 0 Å². The summed E-state index contributed by atoms with van der Waals surface area (Å²) in [5.41, 5.74) is 2.16. The van der Waals surface area contributed by atoms with Crippen LogP contribution in [0.25, 0.3) is 10.9 Å². The van der Waals surface area contributed by atoms with Crippen LogP contribution in [0.15, 0.2) is 30.3 Å². The molecule has 0 bridgehead atoms. The summed E-state index contributed by atoms with van der Waals surface area (Å²) < 4.78 is 21.3. The summed E-state index contributed by atoms with van der Waals surface area (Å²) in [6.07, 6.45) is 0.709. The molecule has 0 amide bonds. The molecule has 3 N–H and O–H groups in total. The number of H-pyrrole nitrogens is 1. The van der Waals surface area contributed by atoms with Crippen LogP contribution in [-0.2, 0) is 17.7 Å². The molecule has 0 aliphatic carbocycles. The molecule has 0 spiro atoms. The van der Waals surface area contributed by atoms with Gasteiger partial charge >= 0.3 is 0 Å². The van der Waals surface area contributed by atoms with E-state index in [2.05, 4.69) is 15.8 Å². The molecule has 80 valence electrons. The fraction of sp³-hybridized carbons (Fsp3) is 0.200. The van der Waals surface area contributed by atoms with Crippen LogP contribution in [0, 0.1) is 0 Å². The van der Waals surface area contributed by atoms with E-state index in [0.29, 0.717) is 13.0 Å². The van der Waals surface area contributed by atoms with E-state index in [9.17, 15) is 4.21 Å². The molecule has 4 nitrogen and oxygen atoms in total. The molecule has 1 heterocycles. The van der Waals surface area contributed by atoms with E-state index in [1.807, 2.05) is 24.3 Å². The fourth-order valence-corrected chi connectivity index (χ4v) is 1.82. The van der Waals surface area contributed by atoms with Gasteiger partial charge in [0, 0.05) is 24.2 Å². The summed E-state index contributed by atoms with van der Waals surface area (Å²) in [7, 11) is 0. The van der Waals surface area contributed by atoms with Gasteiger partial charge in [-0.25, -0.2) is 8.93 Å². The Morgan fingerprint density at radius 2 is 2.20 bits per heavy atom. The largest absolute Gasteiger partial charge is 0.358 e. The van der Waals surface area contributed by atoms with Gasteiger partial charge in [0.15, 0.2) is 0 Å². The van der Waals surface area contributed by atoms with Gasteiger partial charge in [-0.1, -0.05) is 18.2 Å². The zero-order chi connectivity index (χ0) is 10.7. The SMILES string of the molecule is O=S(O)NCCc1cc2ccccc2[nH]1. The minimum absolute atomic E-state index is 0.482. The first-order chi connectivity index (χ1) is 7.25. The van der Waals surface area contributed by atoms with Crippen LogP contribution in [0.3, 0.4) is 0 Å². The number of hydrogen-bond acceptors (Lipinski definition) is 1. The number of rotatable bonds is 4. The molecular weight excluding hydrogens is 212 g/mol. The van der Waals surface area contributed by atoms with Crippen LogP contribution in [0.5, 0.6) is 0 Å². The Labute approximate surface area is 90.1 Å². The molecule has 0 aliphatic rings. The number of aromatic nitrogens is 1. The number of para-hydroxylation sites is 1. The Morgan fingerprint density at radius 1 is 1.40 bits per heavy atom. The third-order valence-corrected chi connectivity index (χ3v) is 2.66. The maximum absolute atomic E-state index is 10.4. The summed E-state index contributed by atoms with van der Waals surface area (Å²) in [4.78, 5) is 3.25. The lowest BCUT2D eigenvalue weighted by Crippen LogP contribution is -2.19. The number of fused-ring (bicyclic) bond motifs is 1. The molecule has 2 aromatic rings. The Hall–Kier alpha value is -1.17. The van der Waals surface area contributed by atoms with E-state index in [1.54, 1.807) is 0 Å². The van der Waals surface area contributed by atoms with Crippen molar-refractivity contribution in [2.24, 2.45) is 0 Å². The highest BCUT2D eigenvalue weighted by atomic mass is 32.2. The Balaban J connectivity index is 2.05. The predicted molar refractivity (Wildman–Crippen MR) is 60.8 cm³/mol. The topological polar surface area (TPSA) is 65.1 Å². The predicted octanol–water partition coefficient (Wildman–Crippen LogP) is 1.44. The molecule has 15 heavy (non-hydrogen) atoms. The lowest BCUT2D eigenvalue weighted by Gasteiger charge is -1.96. The Morgan fingerprint density at radius 3 is 2.93 bits per heavy atom. The van der Waals surface area contributed by atoms with E-state index >= 15 is 0 Å². The van der Waals surface area contributed by atoms with Crippen molar-refractivity contribution in [2.75, 3.05) is 6.54 Å². The molecule has 0 aliphatic heterocycles. The zero-order valence-electron chi connectivity index (χ0n) is 8.06. The molecule has 0 saturated carbocycles. The van der Waals surface area contributed by atoms with E-state index in [4.69, 9.17) is 4.55 Å². The third-order valence-electron chi connectivity index (χ3n) is 2.21. The number of aromatic amines is 1. The normalized spacial score (nSPS) is 13.1. The van der Waals surface area contributed by atoms with Crippen LogP contribution in [0.1, 0.15) is 5.69 Å². The number of hydrogen-bond donors (Lipinski definition) is 3. The lowest BCUT2D eigenvalue weighted by atomic mass is 10.2. The van der Waals surface area contributed by atoms with Crippen molar-refractivity contribution in [3.05, 3.63) is 36.0 Å². The van der Waals surface area contributed by atoms with Crippen LogP contribution in [0.2, 0.25) is 0 Å². The van der Waals surface area contributed by atoms with Crippen molar-refractivity contribution in [3.63, 3.8) is 0 Å². The zero-order valence-corrected chi connectivity index (χ0v) is 8.88. The van der Waals surface area contributed by atoms with Gasteiger partial charge in [-0.2, -0.15) is 0 Å². The second-order valence-electron chi connectivity index (χ2n) is 3.28. The quantitative estimate of drug-likeness (QED) is 0.688. The first-order valence-corrected chi connectivity index (χ1v) is 5.77. The first-order valence-electron chi connectivity index (χ1n) is 4.67. The Bertz CT molecular complexity index is 448. The van der Waals surface area contributed by atoms with E-state index in [1.165, 1.54) is 0 Å². The highest BCUT2D eigenvalue weighted by Gasteiger charge is 2.00. The molecule has 5 heteroatoms. The number of benzene rings is 1. The molecule has 1 aromatic heterocycles. The highest BCUT2D eigenvalue weighted by molar-refractivity contribution is 7.77. The van der Waals surface area contributed by atoms with Gasteiger partial charge in [-0.05, 0) is 17.5 Å².